The van der Waals surface area contributed by atoms with Crippen LogP contribution in [-0.4, -0.2) is 46.7 Å². The SMILES string of the molecule is COc1ccc(-n2nc(C)c(-c3ccccc3)c2NC(=O)CN(CC(C)C)C(=O)Cc2ccccc2)cc1. The number of nitrogens with one attached hydrogen (secondary N) is 1. The van der Waals surface area contributed by atoms with Crippen LogP contribution < -0.4 is 10.1 Å². The lowest BCUT2D eigenvalue weighted by atomic mass is 10.1. The standard InChI is InChI=1S/C31H34N4O3/c1-22(2)20-34(29(37)19-24-11-7-5-8-12-24)21-28(36)32-31-30(25-13-9-6-10-14-25)23(3)33-35(31)26-15-17-27(38-4)18-16-26/h5-18,22H,19-21H2,1-4H3,(H,32,36). The number of ether oxygens (including phenoxy) is 1. The molecule has 0 saturated heterocycles. The molecule has 2 amide bonds. The van der Waals surface area contributed by atoms with Gasteiger partial charge in [0, 0.05) is 12.1 Å². The van der Waals surface area contributed by atoms with Crippen LogP contribution >= 0.6 is 0 Å². The van der Waals surface area contributed by atoms with Crippen molar-refractivity contribution in [1.29, 1.82) is 0 Å². The van der Waals surface area contributed by atoms with Gasteiger partial charge in [0.05, 0.1) is 31.5 Å². The fraction of sp³-hybridized carbons (Fsp3) is 0.258. The van der Waals surface area contributed by atoms with Gasteiger partial charge in [-0.2, -0.15) is 5.10 Å². The van der Waals surface area contributed by atoms with Crippen molar-refractivity contribution in [2.24, 2.45) is 5.92 Å². The van der Waals surface area contributed by atoms with Gasteiger partial charge in [-0.25, -0.2) is 4.68 Å². The Hall–Kier alpha value is -4.39. The zero-order valence-electron chi connectivity index (χ0n) is 22.3. The summed E-state index contributed by atoms with van der Waals surface area (Å²) >= 11 is 0. The average molecular weight is 511 g/mol. The van der Waals surface area contributed by atoms with Crippen molar-refractivity contribution < 1.29 is 14.3 Å². The topological polar surface area (TPSA) is 76.5 Å². The van der Waals surface area contributed by atoms with Gasteiger partial charge in [0.1, 0.15) is 11.6 Å². The van der Waals surface area contributed by atoms with Crippen LogP contribution in [0.2, 0.25) is 0 Å². The van der Waals surface area contributed by atoms with Crippen LogP contribution in [0.5, 0.6) is 5.75 Å². The van der Waals surface area contributed by atoms with E-state index >= 15 is 0 Å². The van der Waals surface area contributed by atoms with E-state index in [1.807, 2.05) is 106 Å². The quantitative estimate of drug-likeness (QED) is 0.305. The van der Waals surface area contributed by atoms with Crippen molar-refractivity contribution >= 4 is 17.6 Å². The molecule has 0 aliphatic heterocycles. The number of hydrogen-bond acceptors (Lipinski definition) is 4. The molecule has 7 nitrogen and oxygen atoms in total. The number of benzene rings is 3. The zero-order valence-corrected chi connectivity index (χ0v) is 22.3. The Morgan fingerprint density at radius 3 is 2.18 bits per heavy atom. The molecule has 0 radical (unpaired) electrons. The fourth-order valence-electron chi connectivity index (χ4n) is 4.43. The van der Waals surface area contributed by atoms with Gasteiger partial charge in [0.15, 0.2) is 0 Å². The summed E-state index contributed by atoms with van der Waals surface area (Å²) in [5, 5.41) is 7.85. The van der Waals surface area contributed by atoms with Crippen molar-refractivity contribution in [2.45, 2.75) is 27.2 Å². The predicted molar refractivity (Wildman–Crippen MR) is 150 cm³/mol. The highest BCUT2D eigenvalue weighted by Crippen LogP contribution is 2.33. The molecule has 0 spiro atoms. The molecule has 38 heavy (non-hydrogen) atoms. The summed E-state index contributed by atoms with van der Waals surface area (Å²) in [6.07, 6.45) is 0.249. The monoisotopic (exact) mass is 510 g/mol. The summed E-state index contributed by atoms with van der Waals surface area (Å²) in [5.74, 6) is 1.15. The minimum Gasteiger partial charge on any atom is -0.497 e. The van der Waals surface area contributed by atoms with Gasteiger partial charge in [-0.05, 0) is 48.2 Å². The number of methoxy groups -OCH3 is 1. The van der Waals surface area contributed by atoms with Crippen molar-refractivity contribution in [3.8, 4) is 22.6 Å². The molecular weight excluding hydrogens is 476 g/mol. The number of nitrogens with zero attached hydrogens (tertiary/aromatic N) is 3. The lowest BCUT2D eigenvalue weighted by Gasteiger charge is -2.24. The first-order valence-corrected chi connectivity index (χ1v) is 12.8. The molecule has 0 fully saturated rings. The third kappa shape index (κ3) is 6.48. The Labute approximate surface area is 224 Å². The zero-order chi connectivity index (χ0) is 27.1. The van der Waals surface area contributed by atoms with Crippen molar-refractivity contribution in [1.82, 2.24) is 14.7 Å². The molecule has 7 heteroatoms. The highest BCUT2D eigenvalue weighted by Gasteiger charge is 2.23. The number of amides is 2. The van der Waals surface area contributed by atoms with Crippen molar-refractivity contribution in [3.63, 3.8) is 0 Å². The molecule has 4 rings (SSSR count). The molecule has 4 aromatic rings. The van der Waals surface area contributed by atoms with E-state index in [2.05, 4.69) is 5.32 Å². The van der Waals surface area contributed by atoms with Crippen LogP contribution in [0.3, 0.4) is 0 Å². The molecule has 1 N–H and O–H groups in total. The van der Waals surface area contributed by atoms with Crippen LogP contribution in [0, 0.1) is 12.8 Å². The van der Waals surface area contributed by atoms with E-state index in [-0.39, 0.29) is 30.7 Å². The molecule has 0 aliphatic rings. The molecular formula is C31H34N4O3. The highest BCUT2D eigenvalue weighted by molar-refractivity contribution is 5.98. The van der Waals surface area contributed by atoms with Crippen molar-refractivity contribution in [2.75, 3.05) is 25.5 Å². The molecule has 1 aromatic heterocycles. The number of anilines is 1. The van der Waals surface area contributed by atoms with Gasteiger partial charge in [-0.3, -0.25) is 9.59 Å². The molecule has 3 aromatic carbocycles. The number of aryl methyl sites for hydroxylation is 1. The van der Waals surface area contributed by atoms with Gasteiger partial charge in [0.2, 0.25) is 11.8 Å². The van der Waals surface area contributed by atoms with Gasteiger partial charge in [-0.1, -0.05) is 74.5 Å². The van der Waals surface area contributed by atoms with Gasteiger partial charge in [0.25, 0.3) is 0 Å². The normalized spacial score (nSPS) is 10.9. The summed E-state index contributed by atoms with van der Waals surface area (Å²) in [6.45, 7) is 6.44. The molecule has 196 valence electrons. The second-order valence-electron chi connectivity index (χ2n) is 9.66. The Bertz CT molecular complexity index is 1360. The molecule has 0 saturated carbocycles. The minimum atomic E-state index is -0.279. The summed E-state index contributed by atoms with van der Waals surface area (Å²) in [6, 6.07) is 26.9. The van der Waals surface area contributed by atoms with E-state index in [1.165, 1.54) is 0 Å². The highest BCUT2D eigenvalue weighted by atomic mass is 16.5. The molecule has 0 atom stereocenters. The average Bonchev–Trinajstić information content (AvgIpc) is 3.24. The van der Waals surface area contributed by atoms with E-state index in [0.29, 0.717) is 12.4 Å². The van der Waals surface area contributed by atoms with E-state index in [0.717, 1.165) is 33.8 Å². The van der Waals surface area contributed by atoms with E-state index in [9.17, 15) is 9.59 Å². The lowest BCUT2D eigenvalue weighted by Crippen LogP contribution is -2.41. The maximum atomic E-state index is 13.5. The fourth-order valence-corrected chi connectivity index (χ4v) is 4.43. The summed E-state index contributed by atoms with van der Waals surface area (Å²) in [5.41, 5.74) is 4.26. The largest absolute Gasteiger partial charge is 0.497 e. The Morgan fingerprint density at radius 2 is 1.58 bits per heavy atom. The van der Waals surface area contributed by atoms with Crippen molar-refractivity contribution in [3.05, 3.63) is 96.2 Å². The molecule has 0 unspecified atom stereocenters. The first-order valence-electron chi connectivity index (χ1n) is 12.8. The van der Waals surface area contributed by atoms with Gasteiger partial charge < -0.3 is 15.0 Å². The Kier molecular flexibility index (Phi) is 8.58. The van der Waals surface area contributed by atoms with Crippen LogP contribution in [0.25, 0.3) is 16.8 Å². The second kappa shape index (κ2) is 12.2. The first kappa shape index (κ1) is 26.7. The van der Waals surface area contributed by atoms with E-state index in [4.69, 9.17) is 9.84 Å². The number of rotatable bonds is 10. The summed E-state index contributed by atoms with van der Waals surface area (Å²) in [4.78, 5) is 28.3. The smallest absolute Gasteiger partial charge is 0.245 e. The van der Waals surface area contributed by atoms with Crippen LogP contribution in [0.1, 0.15) is 25.1 Å². The maximum Gasteiger partial charge on any atom is 0.245 e. The third-order valence-corrected chi connectivity index (χ3v) is 6.17. The lowest BCUT2D eigenvalue weighted by molar-refractivity contribution is -0.134. The number of hydrogen-bond donors (Lipinski definition) is 1. The van der Waals surface area contributed by atoms with E-state index in [1.54, 1.807) is 16.7 Å². The summed E-state index contributed by atoms with van der Waals surface area (Å²) < 4.78 is 7.03. The number of carbonyl (C=O) groups is 2. The molecule has 1 heterocycles. The second-order valence-corrected chi connectivity index (χ2v) is 9.66. The maximum absolute atomic E-state index is 13.5. The molecule has 0 aliphatic carbocycles. The minimum absolute atomic E-state index is 0.0507. The number of aromatic nitrogens is 2. The van der Waals surface area contributed by atoms with Gasteiger partial charge in [-0.15, -0.1) is 0 Å². The number of carbonyl (C=O) groups excluding carboxylic acids is 2. The van der Waals surface area contributed by atoms with Crippen LogP contribution in [-0.2, 0) is 16.0 Å². The van der Waals surface area contributed by atoms with Crippen LogP contribution in [0.4, 0.5) is 5.82 Å². The summed E-state index contributed by atoms with van der Waals surface area (Å²) in [7, 11) is 1.62. The van der Waals surface area contributed by atoms with Gasteiger partial charge >= 0.3 is 0 Å². The Morgan fingerprint density at radius 1 is 0.947 bits per heavy atom. The Balaban J connectivity index is 1.64. The van der Waals surface area contributed by atoms with Crippen LogP contribution in [0.15, 0.2) is 84.9 Å². The predicted octanol–water partition coefficient (Wildman–Crippen LogP) is 5.52. The first-order chi connectivity index (χ1) is 18.4. The third-order valence-electron chi connectivity index (χ3n) is 6.17. The van der Waals surface area contributed by atoms with E-state index < -0.39 is 0 Å². The molecule has 0 bridgehead atoms.